The number of benzene rings is 2. The Bertz CT molecular complexity index is 1140. The molecule has 0 bridgehead atoms. The molecular formula is C22H29N3O5S2. The van der Waals surface area contributed by atoms with Crippen LogP contribution in [-0.2, 0) is 20.0 Å². The topological polar surface area (TPSA) is 121 Å². The lowest BCUT2D eigenvalue weighted by Crippen LogP contribution is -2.36. The van der Waals surface area contributed by atoms with E-state index in [1.165, 1.54) is 36.4 Å². The van der Waals surface area contributed by atoms with Crippen molar-refractivity contribution >= 4 is 37.3 Å². The SMILES string of the molecule is CC(C)S(=O)(=O)Nc1ccc(C(=O)Nc2ccc(S(=O)(=O)NC3CCCCC3)cc2)cc1. The highest BCUT2D eigenvalue weighted by Gasteiger charge is 2.22. The van der Waals surface area contributed by atoms with Gasteiger partial charge in [-0.25, -0.2) is 21.6 Å². The summed E-state index contributed by atoms with van der Waals surface area (Å²) in [6, 6.07) is 12.0. The molecule has 10 heteroatoms. The van der Waals surface area contributed by atoms with Crippen LogP contribution in [0.2, 0.25) is 0 Å². The predicted octanol–water partition coefficient (Wildman–Crippen LogP) is 3.70. The van der Waals surface area contributed by atoms with Gasteiger partial charge in [0.05, 0.1) is 10.1 Å². The summed E-state index contributed by atoms with van der Waals surface area (Å²) in [4.78, 5) is 12.6. The van der Waals surface area contributed by atoms with E-state index in [0.717, 1.165) is 32.1 Å². The van der Waals surface area contributed by atoms with Crippen molar-refractivity contribution in [2.75, 3.05) is 10.0 Å². The van der Waals surface area contributed by atoms with Gasteiger partial charge in [-0.15, -0.1) is 0 Å². The minimum absolute atomic E-state index is 0.0267. The van der Waals surface area contributed by atoms with Gasteiger partial charge in [0.2, 0.25) is 20.0 Å². The minimum Gasteiger partial charge on any atom is -0.322 e. The van der Waals surface area contributed by atoms with Crippen LogP contribution in [0.5, 0.6) is 0 Å². The Labute approximate surface area is 189 Å². The zero-order valence-electron chi connectivity index (χ0n) is 18.2. The highest BCUT2D eigenvalue weighted by Crippen LogP contribution is 2.21. The molecule has 0 atom stereocenters. The third-order valence-corrected chi connectivity index (χ3v) is 8.68. The summed E-state index contributed by atoms with van der Waals surface area (Å²) in [7, 11) is -7.07. The fourth-order valence-corrected chi connectivity index (χ4v) is 5.41. The van der Waals surface area contributed by atoms with Crippen LogP contribution < -0.4 is 14.8 Å². The molecule has 3 rings (SSSR count). The second kappa shape index (κ2) is 10.0. The van der Waals surface area contributed by atoms with E-state index in [9.17, 15) is 21.6 Å². The van der Waals surface area contributed by atoms with Gasteiger partial charge in [0.1, 0.15) is 0 Å². The van der Waals surface area contributed by atoms with Crippen LogP contribution in [0.1, 0.15) is 56.3 Å². The first-order valence-corrected chi connectivity index (χ1v) is 13.7. The van der Waals surface area contributed by atoms with Crippen molar-refractivity contribution in [3.8, 4) is 0 Å². The van der Waals surface area contributed by atoms with Crippen LogP contribution in [0.3, 0.4) is 0 Å². The minimum atomic E-state index is -3.60. The summed E-state index contributed by atoms with van der Waals surface area (Å²) in [5, 5.41) is 2.14. The molecule has 1 aliphatic carbocycles. The first-order valence-electron chi connectivity index (χ1n) is 10.6. The largest absolute Gasteiger partial charge is 0.322 e. The average molecular weight is 480 g/mol. The van der Waals surface area contributed by atoms with Crippen LogP contribution in [0, 0.1) is 0 Å². The maximum absolute atomic E-state index is 12.6. The third kappa shape index (κ3) is 6.30. The number of hydrogen-bond acceptors (Lipinski definition) is 5. The van der Waals surface area contributed by atoms with E-state index < -0.39 is 25.3 Å². The van der Waals surface area contributed by atoms with Crippen LogP contribution in [0.25, 0.3) is 0 Å². The predicted molar refractivity (Wildman–Crippen MR) is 126 cm³/mol. The molecule has 0 radical (unpaired) electrons. The van der Waals surface area contributed by atoms with E-state index in [0.29, 0.717) is 16.9 Å². The summed E-state index contributed by atoms with van der Waals surface area (Å²) in [6.45, 7) is 3.15. The van der Waals surface area contributed by atoms with E-state index in [1.54, 1.807) is 26.0 Å². The van der Waals surface area contributed by atoms with E-state index in [-0.39, 0.29) is 16.8 Å². The number of sulfonamides is 2. The molecule has 1 saturated carbocycles. The highest BCUT2D eigenvalue weighted by molar-refractivity contribution is 7.93. The maximum atomic E-state index is 12.6. The van der Waals surface area contributed by atoms with E-state index in [2.05, 4.69) is 14.8 Å². The average Bonchev–Trinajstić information content (AvgIpc) is 2.74. The van der Waals surface area contributed by atoms with Gasteiger partial charge < -0.3 is 5.32 Å². The van der Waals surface area contributed by atoms with E-state index in [1.807, 2.05) is 0 Å². The number of carbonyl (C=O) groups excluding carboxylic acids is 1. The molecule has 1 aliphatic rings. The molecule has 1 amide bonds. The standard InChI is InChI=1S/C22H29N3O5S2/c1-16(2)31(27,28)24-20-10-8-17(9-11-20)22(26)23-18-12-14-21(15-13-18)32(29,30)25-19-6-4-3-5-7-19/h8-16,19,24-25H,3-7H2,1-2H3,(H,23,26). The Morgan fingerprint density at radius 3 is 1.97 bits per heavy atom. The molecule has 0 aliphatic heterocycles. The normalized spacial score (nSPS) is 15.5. The van der Waals surface area contributed by atoms with Crippen LogP contribution in [0.4, 0.5) is 11.4 Å². The number of hydrogen-bond donors (Lipinski definition) is 3. The van der Waals surface area contributed by atoms with Crippen molar-refractivity contribution < 1.29 is 21.6 Å². The molecule has 0 saturated heterocycles. The fourth-order valence-electron chi connectivity index (χ4n) is 3.40. The van der Waals surface area contributed by atoms with Crippen LogP contribution in [-0.4, -0.2) is 34.0 Å². The van der Waals surface area contributed by atoms with Gasteiger partial charge in [0, 0.05) is 23.0 Å². The van der Waals surface area contributed by atoms with Crippen molar-refractivity contribution in [3.05, 3.63) is 54.1 Å². The van der Waals surface area contributed by atoms with Crippen LogP contribution >= 0.6 is 0 Å². The fraction of sp³-hybridized carbons (Fsp3) is 0.409. The summed E-state index contributed by atoms with van der Waals surface area (Å²) >= 11 is 0. The summed E-state index contributed by atoms with van der Waals surface area (Å²) in [5.74, 6) is -0.390. The first kappa shape index (κ1) is 24.2. The number of carbonyl (C=O) groups is 1. The molecule has 1 fully saturated rings. The summed E-state index contributed by atoms with van der Waals surface area (Å²) in [6.07, 6.45) is 4.91. The molecule has 8 nitrogen and oxygen atoms in total. The van der Waals surface area contributed by atoms with Crippen LogP contribution in [0.15, 0.2) is 53.4 Å². The lowest BCUT2D eigenvalue weighted by Gasteiger charge is -2.22. The third-order valence-electron chi connectivity index (χ3n) is 5.38. The monoisotopic (exact) mass is 479 g/mol. The molecular weight excluding hydrogens is 450 g/mol. The van der Waals surface area contributed by atoms with Gasteiger partial charge in [-0.3, -0.25) is 9.52 Å². The zero-order valence-corrected chi connectivity index (χ0v) is 19.8. The Morgan fingerprint density at radius 2 is 1.41 bits per heavy atom. The molecule has 174 valence electrons. The second-order valence-corrected chi connectivity index (χ2v) is 12.2. The maximum Gasteiger partial charge on any atom is 0.255 e. The molecule has 0 spiro atoms. The first-order chi connectivity index (χ1) is 15.1. The lowest BCUT2D eigenvalue weighted by molar-refractivity contribution is 0.102. The second-order valence-electron chi connectivity index (χ2n) is 8.21. The van der Waals surface area contributed by atoms with Gasteiger partial charge in [0.15, 0.2) is 0 Å². The zero-order chi connectivity index (χ0) is 23.4. The van der Waals surface area contributed by atoms with Crippen molar-refractivity contribution in [2.24, 2.45) is 0 Å². The Hall–Kier alpha value is -2.43. The number of anilines is 2. The van der Waals surface area contributed by atoms with Crippen molar-refractivity contribution in [1.29, 1.82) is 0 Å². The number of nitrogens with one attached hydrogen (secondary N) is 3. The molecule has 2 aromatic rings. The molecule has 3 N–H and O–H groups in total. The molecule has 0 aromatic heterocycles. The van der Waals surface area contributed by atoms with E-state index in [4.69, 9.17) is 0 Å². The quantitative estimate of drug-likeness (QED) is 0.533. The van der Waals surface area contributed by atoms with Crippen molar-refractivity contribution in [3.63, 3.8) is 0 Å². The van der Waals surface area contributed by atoms with Gasteiger partial charge in [-0.1, -0.05) is 19.3 Å². The molecule has 32 heavy (non-hydrogen) atoms. The Balaban J connectivity index is 1.62. The van der Waals surface area contributed by atoms with Gasteiger partial charge >= 0.3 is 0 Å². The van der Waals surface area contributed by atoms with Gasteiger partial charge in [0.25, 0.3) is 5.91 Å². The molecule has 2 aromatic carbocycles. The number of amides is 1. The number of rotatable bonds is 8. The van der Waals surface area contributed by atoms with Crippen molar-refractivity contribution in [1.82, 2.24) is 4.72 Å². The van der Waals surface area contributed by atoms with Gasteiger partial charge in [-0.2, -0.15) is 0 Å². The Morgan fingerprint density at radius 1 is 0.844 bits per heavy atom. The highest BCUT2D eigenvalue weighted by atomic mass is 32.2. The van der Waals surface area contributed by atoms with E-state index >= 15 is 0 Å². The lowest BCUT2D eigenvalue weighted by atomic mass is 9.96. The molecule has 0 heterocycles. The van der Waals surface area contributed by atoms with Crippen molar-refractivity contribution in [2.45, 2.75) is 62.1 Å². The summed E-state index contributed by atoms with van der Waals surface area (Å²) < 4.78 is 54.2. The Kier molecular flexibility index (Phi) is 7.58. The molecule has 0 unspecified atom stereocenters. The smallest absolute Gasteiger partial charge is 0.255 e. The summed E-state index contributed by atoms with van der Waals surface area (Å²) in [5.41, 5.74) is 1.17. The van der Waals surface area contributed by atoms with Gasteiger partial charge in [-0.05, 0) is 75.2 Å².